The van der Waals surface area contributed by atoms with Crippen LogP contribution in [0.1, 0.15) is 10.8 Å². The molecule has 0 saturated carbocycles. The van der Waals surface area contributed by atoms with E-state index in [-0.39, 0.29) is 0 Å². The highest BCUT2D eigenvalue weighted by Gasteiger charge is 2.19. The Kier molecular flexibility index (Phi) is 5.34. The number of ether oxygens (including phenoxy) is 1. The molecule has 1 aliphatic heterocycles. The molecule has 0 atom stereocenters. The van der Waals surface area contributed by atoms with Gasteiger partial charge in [0.1, 0.15) is 5.75 Å². The van der Waals surface area contributed by atoms with Crippen LogP contribution in [0.25, 0.3) is 11.3 Å². The Morgan fingerprint density at radius 2 is 1.77 bits per heavy atom. The predicted molar refractivity (Wildman–Crippen MR) is 103 cm³/mol. The summed E-state index contributed by atoms with van der Waals surface area (Å²) in [4.78, 5) is 10.8. The van der Waals surface area contributed by atoms with E-state index in [0.29, 0.717) is 0 Å². The number of methoxy groups -OCH3 is 1. The van der Waals surface area contributed by atoms with Crippen molar-refractivity contribution in [3.05, 3.63) is 58.7 Å². The molecule has 0 unspecified atom stereocenters. The summed E-state index contributed by atoms with van der Waals surface area (Å²) >= 11 is 1.83. The Morgan fingerprint density at radius 1 is 1.04 bits per heavy atom. The quantitative estimate of drug-likeness (QED) is 0.662. The summed E-state index contributed by atoms with van der Waals surface area (Å²) in [5, 5.41) is 2.15. The minimum Gasteiger partial charge on any atom is -0.497 e. The first-order chi connectivity index (χ1) is 12.8. The van der Waals surface area contributed by atoms with Crippen LogP contribution in [-0.4, -0.2) is 48.1 Å². The highest BCUT2D eigenvalue weighted by molar-refractivity contribution is 7.09. The largest absolute Gasteiger partial charge is 0.497 e. The molecular formula is C20H23N3O2S. The molecule has 0 aliphatic carbocycles. The summed E-state index contributed by atoms with van der Waals surface area (Å²) < 4.78 is 11.1. The lowest BCUT2D eigenvalue weighted by Crippen LogP contribution is -2.45. The van der Waals surface area contributed by atoms with Gasteiger partial charge in [0.25, 0.3) is 0 Å². The van der Waals surface area contributed by atoms with E-state index in [1.165, 1.54) is 4.88 Å². The monoisotopic (exact) mass is 369 g/mol. The minimum absolute atomic E-state index is 0.767. The van der Waals surface area contributed by atoms with Crippen LogP contribution in [0.2, 0.25) is 0 Å². The fourth-order valence-corrected chi connectivity index (χ4v) is 3.94. The van der Waals surface area contributed by atoms with E-state index < -0.39 is 0 Å². The smallest absolute Gasteiger partial charge is 0.209 e. The molecule has 0 bridgehead atoms. The zero-order chi connectivity index (χ0) is 17.8. The van der Waals surface area contributed by atoms with Crippen LogP contribution in [0.3, 0.4) is 0 Å². The van der Waals surface area contributed by atoms with Gasteiger partial charge < -0.3 is 9.15 Å². The molecule has 5 nitrogen and oxygen atoms in total. The number of benzene rings is 1. The summed E-state index contributed by atoms with van der Waals surface area (Å²) in [6.07, 6.45) is 1.81. The minimum atomic E-state index is 0.767. The summed E-state index contributed by atoms with van der Waals surface area (Å²) in [5.74, 6) is 2.43. The van der Waals surface area contributed by atoms with Gasteiger partial charge >= 0.3 is 0 Å². The highest BCUT2D eigenvalue weighted by atomic mass is 32.1. The topological polar surface area (TPSA) is 41.7 Å². The molecule has 6 heteroatoms. The number of oxazole rings is 1. The van der Waals surface area contributed by atoms with Gasteiger partial charge in [-0.1, -0.05) is 6.07 Å². The van der Waals surface area contributed by atoms with Gasteiger partial charge in [0, 0.05) is 43.2 Å². The average molecular weight is 369 g/mol. The van der Waals surface area contributed by atoms with Gasteiger partial charge in [-0.05, 0) is 35.7 Å². The predicted octanol–water partition coefficient (Wildman–Crippen LogP) is 3.73. The van der Waals surface area contributed by atoms with Crippen molar-refractivity contribution in [2.75, 3.05) is 33.3 Å². The standard InChI is InChI=1S/C20H23N3O2S/c1-24-17-6-4-16(5-7-17)19-13-21-20(25-19)15-23-10-8-22(9-11-23)14-18-3-2-12-26-18/h2-7,12-13H,8-11,14-15H2,1H3. The lowest BCUT2D eigenvalue weighted by Gasteiger charge is -2.33. The maximum Gasteiger partial charge on any atom is 0.209 e. The molecule has 136 valence electrons. The van der Waals surface area contributed by atoms with Crippen molar-refractivity contribution >= 4 is 11.3 Å². The number of nitrogens with zero attached hydrogens (tertiary/aromatic N) is 3. The third kappa shape index (κ3) is 4.15. The zero-order valence-corrected chi connectivity index (χ0v) is 15.7. The van der Waals surface area contributed by atoms with Crippen LogP contribution in [0.5, 0.6) is 5.75 Å². The molecule has 1 saturated heterocycles. The van der Waals surface area contributed by atoms with Gasteiger partial charge in [-0.25, -0.2) is 4.98 Å². The normalized spacial score (nSPS) is 16.0. The van der Waals surface area contributed by atoms with Crippen LogP contribution in [0, 0.1) is 0 Å². The third-order valence-corrected chi connectivity index (χ3v) is 5.57. The maximum atomic E-state index is 5.95. The second kappa shape index (κ2) is 8.03. The highest BCUT2D eigenvalue weighted by Crippen LogP contribution is 2.24. The first kappa shape index (κ1) is 17.3. The lowest BCUT2D eigenvalue weighted by molar-refractivity contribution is 0.115. The van der Waals surface area contributed by atoms with Crippen LogP contribution < -0.4 is 4.74 Å². The molecule has 3 aromatic rings. The molecule has 3 heterocycles. The molecule has 0 N–H and O–H groups in total. The third-order valence-electron chi connectivity index (χ3n) is 4.71. The van der Waals surface area contributed by atoms with E-state index in [2.05, 4.69) is 32.3 Å². The molecule has 26 heavy (non-hydrogen) atoms. The number of piperazine rings is 1. The Bertz CT molecular complexity index is 806. The average Bonchev–Trinajstić information content (AvgIpc) is 3.36. The molecule has 0 amide bonds. The molecule has 1 fully saturated rings. The zero-order valence-electron chi connectivity index (χ0n) is 14.9. The molecule has 0 radical (unpaired) electrons. The van der Waals surface area contributed by atoms with Crippen molar-refractivity contribution in [2.24, 2.45) is 0 Å². The van der Waals surface area contributed by atoms with E-state index in [1.54, 1.807) is 7.11 Å². The molecule has 1 aliphatic rings. The van der Waals surface area contributed by atoms with Crippen molar-refractivity contribution in [1.29, 1.82) is 0 Å². The van der Waals surface area contributed by atoms with Crippen LogP contribution >= 0.6 is 11.3 Å². The van der Waals surface area contributed by atoms with Crippen molar-refractivity contribution in [3.63, 3.8) is 0 Å². The van der Waals surface area contributed by atoms with Gasteiger partial charge in [0.05, 0.1) is 19.9 Å². The molecule has 2 aromatic heterocycles. The number of aromatic nitrogens is 1. The number of rotatable bonds is 6. The summed E-state index contributed by atoms with van der Waals surface area (Å²) in [6, 6.07) is 12.2. The number of thiophene rings is 1. The van der Waals surface area contributed by atoms with Crippen LogP contribution in [0.15, 0.2) is 52.4 Å². The van der Waals surface area contributed by atoms with Crippen LogP contribution in [0.4, 0.5) is 0 Å². The summed E-state index contributed by atoms with van der Waals surface area (Å²) in [7, 11) is 1.67. The Labute approximate surface area is 157 Å². The first-order valence-corrected chi connectivity index (χ1v) is 9.74. The van der Waals surface area contributed by atoms with Crippen LogP contribution in [-0.2, 0) is 13.1 Å². The van der Waals surface area contributed by atoms with Crippen molar-refractivity contribution < 1.29 is 9.15 Å². The second-order valence-corrected chi connectivity index (χ2v) is 7.51. The summed E-state index contributed by atoms with van der Waals surface area (Å²) in [6.45, 7) is 6.10. The summed E-state index contributed by atoms with van der Waals surface area (Å²) in [5.41, 5.74) is 1.02. The maximum absolute atomic E-state index is 5.95. The fourth-order valence-electron chi connectivity index (χ4n) is 3.19. The Morgan fingerprint density at radius 3 is 2.42 bits per heavy atom. The van der Waals surface area contributed by atoms with Crippen molar-refractivity contribution in [1.82, 2.24) is 14.8 Å². The van der Waals surface area contributed by atoms with Gasteiger partial charge in [-0.2, -0.15) is 0 Å². The SMILES string of the molecule is COc1ccc(-c2cnc(CN3CCN(Cc4cccs4)CC3)o2)cc1. The molecule has 0 spiro atoms. The van der Waals surface area contributed by atoms with E-state index in [4.69, 9.17) is 9.15 Å². The van der Waals surface area contributed by atoms with E-state index in [9.17, 15) is 0 Å². The van der Waals surface area contributed by atoms with E-state index >= 15 is 0 Å². The van der Waals surface area contributed by atoms with Crippen molar-refractivity contribution in [2.45, 2.75) is 13.1 Å². The molecule has 4 rings (SSSR count). The number of hydrogen-bond acceptors (Lipinski definition) is 6. The van der Waals surface area contributed by atoms with Gasteiger partial charge in [0.2, 0.25) is 5.89 Å². The van der Waals surface area contributed by atoms with Gasteiger partial charge in [-0.3, -0.25) is 9.80 Å². The van der Waals surface area contributed by atoms with Gasteiger partial charge in [-0.15, -0.1) is 11.3 Å². The van der Waals surface area contributed by atoms with E-state index in [0.717, 1.165) is 62.2 Å². The first-order valence-electron chi connectivity index (χ1n) is 8.86. The Hall–Kier alpha value is -2.15. The van der Waals surface area contributed by atoms with Gasteiger partial charge in [0.15, 0.2) is 5.76 Å². The lowest BCUT2D eigenvalue weighted by atomic mass is 10.2. The fraction of sp³-hybridized carbons (Fsp3) is 0.350. The van der Waals surface area contributed by atoms with E-state index in [1.807, 2.05) is 41.8 Å². The molecular weight excluding hydrogens is 346 g/mol. The Balaban J connectivity index is 1.30. The van der Waals surface area contributed by atoms with Crippen molar-refractivity contribution in [3.8, 4) is 17.1 Å². The number of hydrogen-bond donors (Lipinski definition) is 0. The molecule has 1 aromatic carbocycles. The second-order valence-electron chi connectivity index (χ2n) is 6.48.